The Kier molecular flexibility index (Phi) is 7.39. The van der Waals surface area contributed by atoms with Gasteiger partial charge in [-0.2, -0.15) is 0 Å². The minimum atomic E-state index is -0.0370. The third-order valence-electron chi connectivity index (χ3n) is 3.61. The Bertz CT molecular complexity index is 491. The van der Waals surface area contributed by atoms with Crippen LogP contribution in [0.4, 0.5) is 0 Å². The Labute approximate surface area is 132 Å². The summed E-state index contributed by atoms with van der Waals surface area (Å²) in [6, 6.07) is 5.99. The number of carbonyl (C=O) groups excluding carboxylic acids is 1. The molecule has 1 fully saturated rings. The molecule has 1 aromatic rings. The highest BCUT2D eigenvalue weighted by Gasteiger charge is 2.15. The van der Waals surface area contributed by atoms with E-state index in [1.54, 1.807) is 12.2 Å². The lowest BCUT2D eigenvalue weighted by molar-refractivity contribution is -0.116. The van der Waals surface area contributed by atoms with Gasteiger partial charge in [-0.05, 0) is 37.8 Å². The van der Waals surface area contributed by atoms with Gasteiger partial charge in [0.15, 0.2) is 0 Å². The SMILES string of the molecule is O=C(C=CC=CCCCc1ccccn1)NCC1CCOC1. The summed E-state index contributed by atoms with van der Waals surface area (Å²) in [7, 11) is 0. The first-order valence-corrected chi connectivity index (χ1v) is 7.93. The summed E-state index contributed by atoms with van der Waals surface area (Å²) in [6.45, 7) is 2.29. The predicted octanol–water partition coefficient (Wildman–Crippen LogP) is 2.67. The van der Waals surface area contributed by atoms with E-state index in [-0.39, 0.29) is 5.91 Å². The maximum absolute atomic E-state index is 11.6. The summed E-state index contributed by atoms with van der Waals surface area (Å²) in [5.41, 5.74) is 1.13. The van der Waals surface area contributed by atoms with E-state index < -0.39 is 0 Å². The van der Waals surface area contributed by atoms with Crippen LogP contribution < -0.4 is 5.32 Å². The number of hydrogen-bond donors (Lipinski definition) is 1. The lowest BCUT2D eigenvalue weighted by Gasteiger charge is -2.06. The van der Waals surface area contributed by atoms with Crippen molar-refractivity contribution in [1.82, 2.24) is 10.3 Å². The smallest absolute Gasteiger partial charge is 0.243 e. The summed E-state index contributed by atoms with van der Waals surface area (Å²) in [4.78, 5) is 15.9. The van der Waals surface area contributed by atoms with Gasteiger partial charge in [0.2, 0.25) is 5.91 Å². The number of nitrogens with one attached hydrogen (secondary N) is 1. The molecule has 4 nitrogen and oxygen atoms in total. The van der Waals surface area contributed by atoms with Gasteiger partial charge in [-0.1, -0.05) is 24.3 Å². The van der Waals surface area contributed by atoms with E-state index in [2.05, 4.69) is 16.4 Å². The molecule has 0 saturated carbocycles. The number of pyridine rings is 1. The third kappa shape index (κ3) is 6.68. The van der Waals surface area contributed by atoms with Crippen molar-refractivity contribution in [2.75, 3.05) is 19.8 Å². The zero-order valence-corrected chi connectivity index (χ0v) is 12.9. The molecule has 1 aromatic heterocycles. The van der Waals surface area contributed by atoms with E-state index in [0.29, 0.717) is 12.5 Å². The highest BCUT2D eigenvalue weighted by Crippen LogP contribution is 2.10. The second-order valence-corrected chi connectivity index (χ2v) is 5.48. The molecule has 1 atom stereocenters. The Hall–Kier alpha value is -1.94. The molecule has 1 unspecified atom stereocenters. The Balaban J connectivity index is 1.53. The molecule has 2 heterocycles. The number of allylic oxidation sites excluding steroid dienone is 3. The normalized spacial score (nSPS) is 18.3. The van der Waals surface area contributed by atoms with Crippen molar-refractivity contribution in [3.63, 3.8) is 0 Å². The average molecular weight is 300 g/mol. The van der Waals surface area contributed by atoms with Crippen LogP contribution in [0.5, 0.6) is 0 Å². The number of aromatic nitrogens is 1. The lowest BCUT2D eigenvalue weighted by Crippen LogP contribution is -2.27. The molecule has 0 spiro atoms. The van der Waals surface area contributed by atoms with Gasteiger partial charge in [-0.3, -0.25) is 9.78 Å². The number of nitrogens with zero attached hydrogens (tertiary/aromatic N) is 1. The van der Waals surface area contributed by atoms with Crippen molar-refractivity contribution in [1.29, 1.82) is 0 Å². The summed E-state index contributed by atoms with van der Waals surface area (Å²) in [6.07, 6.45) is 13.3. The molecular formula is C18H24N2O2. The summed E-state index contributed by atoms with van der Waals surface area (Å²) < 4.78 is 5.27. The fourth-order valence-electron chi connectivity index (χ4n) is 2.31. The Morgan fingerprint density at radius 3 is 3.14 bits per heavy atom. The van der Waals surface area contributed by atoms with Crippen molar-refractivity contribution in [3.8, 4) is 0 Å². The van der Waals surface area contributed by atoms with Crippen LogP contribution >= 0.6 is 0 Å². The van der Waals surface area contributed by atoms with Crippen molar-refractivity contribution in [2.24, 2.45) is 5.92 Å². The van der Waals surface area contributed by atoms with Crippen molar-refractivity contribution in [2.45, 2.75) is 25.7 Å². The standard InChI is InChI=1S/C18H24N2O2/c21-18(20-14-16-11-13-22-15-16)10-5-3-1-2-4-8-17-9-6-7-12-19-17/h1,3,5-7,9-10,12,16H,2,4,8,11,13-15H2,(H,20,21). The van der Waals surface area contributed by atoms with Gasteiger partial charge in [-0.15, -0.1) is 0 Å². The fraction of sp³-hybridized carbons (Fsp3) is 0.444. The zero-order chi connectivity index (χ0) is 15.5. The molecule has 1 aliphatic heterocycles. The van der Waals surface area contributed by atoms with Crippen LogP contribution in [0.3, 0.4) is 0 Å². The molecule has 0 radical (unpaired) electrons. The second kappa shape index (κ2) is 9.90. The average Bonchev–Trinajstić information content (AvgIpc) is 3.06. The van der Waals surface area contributed by atoms with E-state index in [1.165, 1.54) is 0 Å². The van der Waals surface area contributed by atoms with E-state index >= 15 is 0 Å². The molecule has 1 saturated heterocycles. The van der Waals surface area contributed by atoms with Crippen LogP contribution in [0.15, 0.2) is 48.7 Å². The van der Waals surface area contributed by atoms with Gasteiger partial charge in [0.05, 0.1) is 6.61 Å². The monoisotopic (exact) mass is 300 g/mol. The van der Waals surface area contributed by atoms with Gasteiger partial charge in [0.25, 0.3) is 0 Å². The van der Waals surface area contributed by atoms with Crippen LogP contribution in [-0.2, 0) is 16.0 Å². The number of unbranched alkanes of at least 4 members (excludes halogenated alkanes) is 1. The van der Waals surface area contributed by atoms with Crippen LogP contribution in [0.25, 0.3) is 0 Å². The predicted molar refractivity (Wildman–Crippen MR) is 87.4 cm³/mol. The molecule has 1 amide bonds. The topological polar surface area (TPSA) is 51.2 Å². The quantitative estimate of drug-likeness (QED) is 0.456. The van der Waals surface area contributed by atoms with Crippen LogP contribution in [0, 0.1) is 5.92 Å². The number of hydrogen-bond acceptors (Lipinski definition) is 3. The number of aryl methyl sites for hydroxylation is 1. The van der Waals surface area contributed by atoms with Crippen LogP contribution in [0.2, 0.25) is 0 Å². The van der Waals surface area contributed by atoms with Gasteiger partial charge in [0.1, 0.15) is 0 Å². The maximum Gasteiger partial charge on any atom is 0.243 e. The molecule has 4 heteroatoms. The highest BCUT2D eigenvalue weighted by atomic mass is 16.5. The number of carbonyl (C=O) groups is 1. The molecule has 118 valence electrons. The fourth-order valence-corrected chi connectivity index (χ4v) is 2.31. The van der Waals surface area contributed by atoms with Crippen LogP contribution in [-0.4, -0.2) is 30.6 Å². The second-order valence-electron chi connectivity index (χ2n) is 5.48. The number of rotatable bonds is 8. The minimum Gasteiger partial charge on any atom is -0.381 e. The lowest BCUT2D eigenvalue weighted by atomic mass is 10.1. The number of ether oxygens (including phenoxy) is 1. The Morgan fingerprint density at radius 2 is 2.36 bits per heavy atom. The molecule has 1 aliphatic rings. The third-order valence-corrected chi connectivity index (χ3v) is 3.61. The molecule has 0 aromatic carbocycles. The molecule has 1 N–H and O–H groups in total. The van der Waals surface area contributed by atoms with Crippen molar-refractivity contribution in [3.05, 3.63) is 54.4 Å². The first-order chi connectivity index (χ1) is 10.8. The molecular weight excluding hydrogens is 276 g/mol. The first kappa shape index (κ1) is 16.4. The minimum absolute atomic E-state index is 0.0370. The van der Waals surface area contributed by atoms with Gasteiger partial charge in [-0.25, -0.2) is 0 Å². The van der Waals surface area contributed by atoms with E-state index in [9.17, 15) is 4.79 Å². The molecule has 0 bridgehead atoms. The van der Waals surface area contributed by atoms with E-state index in [1.807, 2.05) is 30.5 Å². The molecule has 0 aliphatic carbocycles. The summed E-state index contributed by atoms with van der Waals surface area (Å²) in [5.74, 6) is 0.435. The Morgan fingerprint density at radius 1 is 1.41 bits per heavy atom. The first-order valence-electron chi connectivity index (χ1n) is 7.93. The summed E-state index contributed by atoms with van der Waals surface area (Å²) in [5, 5.41) is 2.90. The van der Waals surface area contributed by atoms with Crippen molar-refractivity contribution >= 4 is 5.91 Å². The van der Waals surface area contributed by atoms with Crippen LogP contribution in [0.1, 0.15) is 25.0 Å². The summed E-state index contributed by atoms with van der Waals surface area (Å²) >= 11 is 0. The van der Waals surface area contributed by atoms with Gasteiger partial charge >= 0.3 is 0 Å². The highest BCUT2D eigenvalue weighted by molar-refractivity contribution is 5.87. The maximum atomic E-state index is 11.6. The zero-order valence-electron chi connectivity index (χ0n) is 12.9. The van der Waals surface area contributed by atoms with Crippen molar-refractivity contribution < 1.29 is 9.53 Å². The molecule has 2 rings (SSSR count). The largest absolute Gasteiger partial charge is 0.381 e. The molecule has 22 heavy (non-hydrogen) atoms. The van der Waals surface area contributed by atoms with Gasteiger partial charge in [0, 0.05) is 37.0 Å². The van der Waals surface area contributed by atoms with Gasteiger partial charge < -0.3 is 10.1 Å². The van der Waals surface area contributed by atoms with E-state index in [4.69, 9.17) is 4.74 Å². The van der Waals surface area contributed by atoms with E-state index in [0.717, 1.165) is 44.6 Å². The number of amides is 1.